The Morgan fingerprint density at radius 2 is 0.600 bits per heavy atom. The summed E-state index contributed by atoms with van der Waals surface area (Å²) in [5, 5.41) is 0.183. The summed E-state index contributed by atoms with van der Waals surface area (Å²) in [6, 6.07) is 85.0. The lowest BCUT2D eigenvalue weighted by Gasteiger charge is -2.33. The quantitative estimate of drug-likeness (QED) is 0.0418. The Morgan fingerprint density at radius 3 is 0.967 bits per heavy atom. The van der Waals surface area contributed by atoms with Crippen molar-refractivity contribution in [2.45, 2.75) is 27.5 Å². The maximum Gasteiger partial charge on any atom is 0.313 e. The summed E-state index contributed by atoms with van der Waals surface area (Å²) in [6.45, 7) is 0. The molecule has 0 saturated heterocycles. The van der Waals surface area contributed by atoms with Crippen LogP contribution < -0.4 is 25.5 Å². The molecule has 4 heterocycles. The van der Waals surface area contributed by atoms with Gasteiger partial charge in [-0.15, -0.1) is 0 Å². The fraction of sp³-hybridized carbons (Fsp3) is 0.0303. The molecule has 4 aliphatic heterocycles. The zero-order valence-corrected chi connectivity index (χ0v) is 64.4. The summed E-state index contributed by atoms with van der Waals surface area (Å²) in [4.78, 5) is 124. The van der Waals surface area contributed by atoms with Gasteiger partial charge >= 0.3 is 10.1 Å². The lowest BCUT2D eigenvalue weighted by Crippen LogP contribution is -2.43. The van der Waals surface area contributed by atoms with Crippen molar-refractivity contribution in [1.82, 2.24) is 0 Å². The molecule has 0 radical (unpaired) electrons. The standard InChI is InChI=1S/C99H59N5O14S2/c100-118-120(116,117)84-53-65(37-35-58(84)33-32-57-34-36-64(52-83(57)119(113,114)115)101-92(105)73-42-44-77-91-78(45-43-74(89(73)91)93(101)106)99(112)104(98(77)111)82-31-17-16-30-70(82)87-69-29-15-12-26-61(69)51-81(87)56-22-8-3-9-23-56)102-94(107)71-38-40-75-90-76(41-39-72(88(71)90)95(102)108)97(110)103(96(75)109)66-47-62(85-67-27-13-10-24-59(67)49-79(85)54-18-4-1-5-19-54)46-63(48-66)86-68-28-14-11-25-60(68)50-80(86)55-20-6-2-7-21-55/h1-53,85-87H,100H2,(H,113,114,115)/b33-32+. The zero-order valence-electron chi connectivity index (χ0n) is 62.8. The Kier molecular flexibility index (Phi) is 16.5. The van der Waals surface area contributed by atoms with Gasteiger partial charge in [-0.2, -0.15) is 27.0 Å². The third kappa shape index (κ3) is 11.1. The molecular formula is C99H59N5O14S2. The predicted octanol–water partition coefficient (Wildman–Crippen LogP) is 18.2. The first-order valence-electron chi connectivity index (χ1n) is 38.4. The number of benzene rings is 14. The molecule has 21 rings (SSSR count). The highest BCUT2D eigenvalue weighted by atomic mass is 32.2. The third-order valence-corrected chi connectivity index (χ3v) is 26.0. The molecule has 0 saturated carbocycles. The van der Waals surface area contributed by atoms with Crippen LogP contribution in [0.25, 0.3) is 68.6 Å². The zero-order chi connectivity index (χ0) is 82.1. The number of imide groups is 4. The number of para-hydroxylation sites is 1. The van der Waals surface area contributed by atoms with Crippen LogP contribution in [0.15, 0.2) is 301 Å². The minimum Gasteiger partial charge on any atom is -0.282 e. The molecule has 3 N–H and O–H groups in total. The second kappa shape index (κ2) is 27.3. The van der Waals surface area contributed by atoms with E-state index in [0.717, 1.165) is 123 Å². The van der Waals surface area contributed by atoms with Crippen LogP contribution in [0.1, 0.15) is 179 Å². The maximum atomic E-state index is 15.7. The number of hydrogen-bond acceptors (Lipinski definition) is 14. The van der Waals surface area contributed by atoms with Crippen LogP contribution in [0, 0.1) is 0 Å². The van der Waals surface area contributed by atoms with Gasteiger partial charge in [-0.1, -0.05) is 212 Å². The maximum absolute atomic E-state index is 15.7. The highest BCUT2D eigenvalue weighted by Crippen LogP contribution is 2.54. The first-order chi connectivity index (χ1) is 58.2. The molecule has 0 spiro atoms. The molecule has 21 heteroatoms. The van der Waals surface area contributed by atoms with E-state index in [1.807, 2.05) is 140 Å². The second-order valence-corrected chi connectivity index (χ2v) is 33.2. The monoisotopic (exact) mass is 1610 g/mol. The van der Waals surface area contributed by atoms with Crippen molar-refractivity contribution in [1.29, 1.82) is 0 Å². The van der Waals surface area contributed by atoms with Gasteiger partial charge in [-0.3, -0.25) is 42.9 Å². The summed E-state index contributed by atoms with van der Waals surface area (Å²) in [6.07, 6.45) is 8.68. The molecule has 0 bridgehead atoms. The van der Waals surface area contributed by atoms with Gasteiger partial charge in [0.1, 0.15) is 9.79 Å². The van der Waals surface area contributed by atoms with Crippen molar-refractivity contribution in [3.63, 3.8) is 0 Å². The van der Waals surface area contributed by atoms with E-state index in [1.165, 1.54) is 66.7 Å². The first-order valence-corrected chi connectivity index (χ1v) is 41.2. The van der Waals surface area contributed by atoms with Crippen molar-refractivity contribution in [2.75, 3.05) is 19.6 Å². The number of amides is 8. The van der Waals surface area contributed by atoms with Gasteiger partial charge in [0.25, 0.3) is 57.4 Å². The number of rotatable bonds is 15. The van der Waals surface area contributed by atoms with Crippen LogP contribution in [-0.4, -0.2) is 68.6 Å². The van der Waals surface area contributed by atoms with E-state index in [9.17, 15) is 31.0 Å². The fourth-order valence-electron chi connectivity index (χ4n) is 18.7. The van der Waals surface area contributed by atoms with Gasteiger partial charge < -0.3 is 0 Å². The van der Waals surface area contributed by atoms with Crippen LogP contribution in [0.3, 0.4) is 0 Å². The molecule has 0 fully saturated rings. The summed E-state index contributed by atoms with van der Waals surface area (Å²) in [5.41, 5.74) is 13.5. The Hall–Kier alpha value is -15.1. The fourth-order valence-corrected chi connectivity index (χ4v) is 20.2. The highest BCUT2D eigenvalue weighted by Gasteiger charge is 2.46. The third-order valence-electron chi connectivity index (χ3n) is 23.9. The minimum atomic E-state index is -5.28. The number of fused-ring (bicyclic) bond motifs is 3. The summed E-state index contributed by atoms with van der Waals surface area (Å²) in [5.74, 6) is -2.34. The molecular weight excluding hydrogens is 1550 g/mol. The Balaban J connectivity index is 0.585. The number of allylic oxidation sites excluding steroid dienone is 3. The van der Waals surface area contributed by atoms with Gasteiger partial charge in [0.05, 0.1) is 22.7 Å². The Bertz CT molecular complexity index is 7220. The number of carbonyl (C=O) groups is 8. The summed E-state index contributed by atoms with van der Waals surface area (Å²) >= 11 is 0. The van der Waals surface area contributed by atoms with E-state index in [1.54, 1.807) is 12.1 Å². The molecule has 3 aliphatic carbocycles. The normalized spacial score (nSPS) is 17.0. The minimum absolute atomic E-state index is 0.0213. The molecule has 3 unspecified atom stereocenters. The van der Waals surface area contributed by atoms with Gasteiger partial charge in [0.15, 0.2) is 0 Å². The smallest absolute Gasteiger partial charge is 0.282 e. The van der Waals surface area contributed by atoms with Crippen molar-refractivity contribution in [3.05, 3.63) is 414 Å². The molecule has 7 aliphatic rings. The van der Waals surface area contributed by atoms with Gasteiger partial charge in [0.2, 0.25) is 0 Å². The lowest BCUT2D eigenvalue weighted by molar-refractivity contribution is 0.0873. The second-order valence-electron chi connectivity index (χ2n) is 30.2. The SMILES string of the molecule is NOS(=O)(=O)c1cc(N2C(=O)c3ccc4c5c(ccc(c35)C2=O)C(=O)N(c2cc(C3C(c5ccccc5)=Cc5ccccc53)cc(C3C(c5ccccc5)=Cc5ccccc53)c2)C4=O)ccc1/C=C/c1ccc(N2C(=O)c3ccc4c5c(ccc(c35)C2=O)C(=O)N(c2ccccc2C2C(c3ccccc3)=Cc3ccccc32)C4=O)cc1S(=O)(=O)O. The molecule has 8 amide bonds. The Labute approximate surface area is 685 Å². The number of carbonyl (C=O) groups excluding carboxylic acids is 8. The lowest BCUT2D eigenvalue weighted by atomic mass is 9.80. The molecule has 19 nitrogen and oxygen atoms in total. The predicted molar refractivity (Wildman–Crippen MR) is 457 cm³/mol. The van der Waals surface area contributed by atoms with Gasteiger partial charge in [-0.25, -0.2) is 19.6 Å². The number of nitrogens with zero attached hydrogens (tertiary/aromatic N) is 4. The van der Waals surface area contributed by atoms with Crippen molar-refractivity contribution in [3.8, 4) is 0 Å². The molecule has 3 atom stereocenters. The first kappa shape index (κ1) is 72.6. The molecule has 0 aromatic heterocycles. The van der Waals surface area contributed by atoms with E-state index < -0.39 is 77.3 Å². The van der Waals surface area contributed by atoms with Gasteiger partial charge in [0, 0.05) is 83.8 Å². The molecule has 120 heavy (non-hydrogen) atoms. The van der Waals surface area contributed by atoms with E-state index in [-0.39, 0.29) is 106 Å². The number of nitrogens with two attached hydrogens (primary N) is 1. The van der Waals surface area contributed by atoms with Crippen LogP contribution >= 0.6 is 0 Å². The molecule has 14 aromatic rings. The van der Waals surface area contributed by atoms with Crippen molar-refractivity contribution >= 4 is 159 Å². The molecule has 576 valence electrons. The number of anilines is 4. The summed E-state index contributed by atoms with van der Waals surface area (Å²) in [7, 11) is -10.3. The average molecular weight is 1610 g/mol. The van der Waals surface area contributed by atoms with Crippen LogP contribution in [0.4, 0.5) is 22.7 Å². The van der Waals surface area contributed by atoms with Gasteiger partial charge in [-0.05, 0) is 204 Å². The topological polar surface area (TPSA) is 273 Å². The number of hydrogen-bond donors (Lipinski definition) is 2. The average Bonchev–Trinajstić information content (AvgIpc) is 0.973. The van der Waals surface area contributed by atoms with Crippen molar-refractivity contribution in [2.24, 2.45) is 5.90 Å². The van der Waals surface area contributed by atoms with E-state index in [0.29, 0.717) is 21.8 Å². The van der Waals surface area contributed by atoms with E-state index >= 15 is 28.8 Å². The van der Waals surface area contributed by atoms with Crippen LogP contribution in [-0.2, 0) is 24.5 Å². The molecule has 14 aromatic carbocycles. The van der Waals surface area contributed by atoms with Crippen LogP contribution in [0.2, 0.25) is 0 Å². The highest BCUT2D eigenvalue weighted by molar-refractivity contribution is 7.86. The van der Waals surface area contributed by atoms with Crippen molar-refractivity contribution < 1.29 is 64.0 Å². The summed E-state index contributed by atoms with van der Waals surface area (Å²) < 4.78 is 70.4. The van der Waals surface area contributed by atoms with Crippen LogP contribution in [0.5, 0.6) is 0 Å². The van der Waals surface area contributed by atoms with E-state index in [4.69, 9.17) is 5.90 Å². The Morgan fingerprint density at radius 1 is 0.300 bits per heavy atom. The van der Waals surface area contributed by atoms with E-state index in [2.05, 4.69) is 77.1 Å². The largest absolute Gasteiger partial charge is 0.313 e.